The van der Waals surface area contributed by atoms with Gasteiger partial charge in [0, 0.05) is 189 Å². The molecule has 8 aliphatic rings. The van der Waals surface area contributed by atoms with Crippen LogP contribution in [0.3, 0.4) is 0 Å². The van der Waals surface area contributed by atoms with Crippen LogP contribution in [0.1, 0.15) is 69.7 Å². The fraction of sp³-hybridized carbons (Fsp3) is 0.412. The maximum Gasteiger partial charge on any atom is 0.121 e. The predicted octanol–water partition coefficient (Wildman–Crippen LogP) is 24.4. The van der Waals surface area contributed by atoms with E-state index in [4.69, 9.17) is 33.0 Å². The first kappa shape index (κ1) is 101. The minimum Gasteiger partial charge on any atom is -0.497 e. The Kier molecular flexibility index (Phi) is 40.7. The Morgan fingerprint density at radius 3 is 0.895 bits per heavy atom. The zero-order chi connectivity index (χ0) is 82.6. The molecule has 0 bridgehead atoms. The molecule has 1 unspecified atom stereocenters. The molecule has 0 spiro atoms. The molecule has 0 aliphatic carbocycles. The van der Waals surface area contributed by atoms with Crippen molar-refractivity contribution >= 4 is 139 Å². The summed E-state index contributed by atoms with van der Waals surface area (Å²) in [4.78, 5) is 45.0. The van der Waals surface area contributed by atoms with Crippen molar-refractivity contribution in [1.82, 2.24) is 39.2 Å². The molecule has 1 atom stereocenters. The average molecular weight is 1810 g/mol. The number of likely N-dealkylation sites (N-methyl/N-ethyl adjacent to an activating group) is 2. The third-order valence-corrected chi connectivity index (χ3v) is 29.0. The SMILES string of the molecule is C.C.C.C.C.CC(CN(C)C)CN1c2ccccc2Sc2ccccc21.CN1CCN(CCCN2c3ccccc3Sc3ccc(Cl)cc32)CC1.CN1CCN(CCCN2c3ccccc3Sc3ccccc32)CC1.COc1ccc2c(c1)N(CCCN(C)C)c1ccccc1S2.OCCN1CCN(CCCN2c3ccccc3Sc3ccc(Cl)cc32)CC1. The summed E-state index contributed by atoms with van der Waals surface area (Å²) in [6.45, 7) is 28.0. The molecule has 10 aromatic rings. The second kappa shape index (κ2) is 50.1. The molecule has 8 aliphatic heterocycles. The summed E-state index contributed by atoms with van der Waals surface area (Å²) in [6, 6.07) is 79.8. The lowest BCUT2D eigenvalue weighted by molar-refractivity contribution is 0.112. The second-order valence-electron chi connectivity index (χ2n) is 32.3. The van der Waals surface area contributed by atoms with E-state index in [1.54, 1.807) is 7.11 Å². The van der Waals surface area contributed by atoms with Crippen molar-refractivity contribution in [3.05, 3.63) is 235 Å². The minimum atomic E-state index is 0. The van der Waals surface area contributed by atoms with E-state index in [2.05, 4.69) is 319 Å². The van der Waals surface area contributed by atoms with Crippen LogP contribution in [0.5, 0.6) is 5.75 Å². The van der Waals surface area contributed by atoms with Crippen molar-refractivity contribution in [1.29, 1.82) is 0 Å². The van der Waals surface area contributed by atoms with Gasteiger partial charge in [-0.15, -0.1) is 0 Å². The fourth-order valence-corrected chi connectivity index (χ4v) is 22.4. The van der Waals surface area contributed by atoms with Crippen LogP contribution in [0.4, 0.5) is 56.9 Å². The van der Waals surface area contributed by atoms with E-state index in [9.17, 15) is 0 Å². The van der Waals surface area contributed by atoms with Gasteiger partial charge in [-0.05, 0) is 234 Å². The van der Waals surface area contributed by atoms with Gasteiger partial charge in [0.15, 0.2) is 0 Å². The van der Waals surface area contributed by atoms with Crippen LogP contribution >= 0.6 is 82.0 Å². The number of rotatable bonds is 23. The summed E-state index contributed by atoms with van der Waals surface area (Å²) in [6.07, 6.45) is 4.61. The third-order valence-electron chi connectivity index (χ3n) is 22.9. The van der Waals surface area contributed by atoms with Gasteiger partial charge in [0.05, 0.1) is 70.6 Å². The summed E-state index contributed by atoms with van der Waals surface area (Å²) in [5, 5.41) is 10.7. The predicted molar refractivity (Wildman–Crippen MR) is 543 cm³/mol. The van der Waals surface area contributed by atoms with E-state index in [-0.39, 0.29) is 43.7 Å². The van der Waals surface area contributed by atoms with Crippen LogP contribution in [0.2, 0.25) is 10.0 Å². The highest BCUT2D eigenvalue weighted by Gasteiger charge is 2.31. The number of halogens is 2. The number of β-amino-alcohol motifs (C(OH)–C–C–N with tert-alkyl or cyclic N) is 1. The van der Waals surface area contributed by atoms with Gasteiger partial charge >= 0.3 is 0 Å². The minimum absolute atomic E-state index is 0. The zero-order valence-corrected chi connectivity index (χ0v) is 76.3. The number of piperazine rings is 3. The zero-order valence-electron chi connectivity index (χ0n) is 70.7. The molecule has 3 fully saturated rings. The summed E-state index contributed by atoms with van der Waals surface area (Å²) >= 11 is 21.9. The number of aliphatic hydroxyl groups is 1. The molecule has 0 amide bonds. The largest absolute Gasteiger partial charge is 0.497 e. The summed E-state index contributed by atoms with van der Waals surface area (Å²) in [5.41, 5.74) is 13.0. The number of nitrogens with zero attached hydrogens (tertiary/aromatic N) is 13. The lowest BCUT2D eigenvalue weighted by Gasteiger charge is -2.36. The Labute approximate surface area is 777 Å². The Bertz CT molecular complexity index is 4820. The summed E-state index contributed by atoms with van der Waals surface area (Å²) in [5.74, 6) is 1.53. The van der Waals surface area contributed by atoms with Crippen LogP contribution in [-0.2, 0) is 0 Å². The van der Waals surface area contributed by atoms with Gasteiger partial charge in [-0.3, -0.25) is 4.90 Å². The van der Waals surface area contributed by atoms with Crippen LogP contribution < -0.4 is 29.2 Å². The molecule has 22 heteroatoms. The van der Waals surface area contributed by atoms with E-state index < -0.39 is 0 Å². The first-order valence-electron chi connectivity index (χ1n) is 42.4. The molecule has 0 saturated carbocycles. The van der Waals surface area contributed by atoms with Crippen molar-refractivity contribution in [3.8, 4) is 5.75 Å². The van der Waals surface area contributed by atoms with Crippen molar-refractivity contribution in [2.75, 3.05) is 231 Å². The number of para-hydroxylation sites is 7. The highest BCUT2D eigenvalue weighted by atomic mass is 35.5. The highest BCUT2D eigenvalue weighted by Crippen LogP contribution is 2.54. The fourth-order valence-electron chi connectivity index (χ4n) is 16.7. The van der Waals surface area contributed by atoms with E-state index in [0.717, 1.165) is 127 Å². The first-order valence-corrected chi connectivity index (χ1v) is 47.3. The number of hydrogen-bond acceptors (Lipinski definition) is 20. The smallest absolute Gasteiger partial charge is 0.121 e. The van der Waals surface area contributed by atoms with Gasteiger partial charge < -0.3 is 68.6 Å². The second-order valence-corrected chi connectivity index (χ2v) is 38.6. The standard InChI is InChI=1S/C21H26ClN3OS.C20H24ClN3S.C20H25N3S.C18H22N2OS.C18H22N2S.5CH4/c22-17-6-7-21-19(16-17)25(18-4-1-2-5-20(18)27-21)9-3-8-23-10-12-24(13-11-23)14-15-26;1-22-11-13-23(14-12-22)9-4-10-24-17-5-2-3-6-19(17)25-20-8-7-16(21)15-18(20)24;1-21-13-15-22(16-14-21)11-6-12-23-17-7-2-4-9-19(17)24-20-10-5-3-8-18(20)23;1-19(2)11-6-12-20-15-7-4-5-8-17(15)22-18-10-9-14(21-3)13-16(18)20;1-14(12-19(2)3)13-20-15-8-4-6-10-17(15)21-18-11-7-5-9-16(18)20;;;;;/h1-2,4-7,16,26H,3,8-15H2;2-3,5-8,15H,4,9-14H2,1H3;2-5,7-10H,6,11-16H2,1H3;4-5,7-10,13H,6,11-12H2,1-3H3;4-11,14H,12-13H2,1-3H3;5*1H4. The summed E-state index contributed by atoms with van der Waals surface area (Å²) in [7, 11) is 14.7. The number of hydrogen-bond donors (Lipinski definition) is 1. The Morgan fingerprint density at radius 1 is 0.323 bits per heavy atom. The molecule has 124 heavy (non-hydrogen) atoms. The molecule has 15 nitrogen and oxygen atoms in total. The molecule has 0 aromatic heterocycles. The number of fused-ring (bicyclic) bond motifs is 10. The maximum absolute atomic E-state index is 9.08. The molecular weight excluding hydrogens is 1670 g/mol. The molecule has 8 heterocycles. The normalized spacial score (nSPS) is 15.8. The number of benzene rings is 10. The lowest BCUT2D eigenvalue weighted by Crippen LogP contribution is -2.47. The third kappa shape index (κ3) is 26.8. The monoisotopic (exact) mass is 1810 g/mol. The van der Waals surface area contributed by atoms with Gasteiger partial charge in [0.25, 0.3) is 0 Å². The number of ether oxygens (including phenoxy) is 1. The quantitative estimate of drug-likeness (QED) is 0.0660. The Morgan fingerprint density at radius 2 is 0.589 bits per heavy atom. The molecule has 0 radical (unpaired) electrons. The Balaban J connectivity index is 0.000000174. The lowest BCUT2D eigenvalue weighted by atomic mass is 10.1. The molecular formula is C102H139Cl2N13O2S5. The van der Waals surface area contributed by atoms with E-state index in [1.165, 1.54) is 171 Å². The maximum atomic E-state index is 9.08. The number of aliphatic hydroxyl groups excluding tert-OH is 1. The molecule has 1 N–H and O–H groups in total. The van der Waals surface area contributed by atoms with Crippen LogP contribution in [0, 0.1) is 5.92 Å². The van der Waals surface area contributed by atoms with E-state index >= 15 is 0 Å². The summed E-state index contributed by atoms with van der Waals surface area (Å²) < 4.78 is 5.42. The van der Waals surface area contributed by atoms with Gasteiger partial charge in [0.1, 0.15) is 5.75 Å². The number of anilines is 10. The average Bonchev–Trinajstić information content (AvgIpc) is 0.792. The van der Waals surface area contributed by atoms with Gasteiger partial charge in [-0.25, -0.2) is 0 Å². The Hall–Kier alpha value is -7.03. The van der Waals surface area contributed by atoms with Crippen molar-refractivity contribution in [2.45, 2.75) is 119 Å². The van der Waals surface area contributed by atoms with Gasteiger partial charge in [-0.1, -0.05) is 211 Å². The topological polar surface area (TPSA) is 71.6 Å². The van der Waals surface area contributed by atoms with Gasteiger partial charge in [-0.2, -0.15) is 0 Å². The van der Waals surface area contributed by atoms with E-state index in [0.29, 0.717) is 5.92 Å². The first-order chi connectivity index (χ1) is 58.1. The van der Waals surface area contributed by atoms with Crippen molar-refractivity contribution < 1.29 is 9.84 Å². The van der Waals surface area contributed by atoms with Crippen LogP contribution in [0.25, 0.3) is 0 Å². The molecule has 10 aromatic carbocycles. The molecule has 668 valence electrons. The van der Waals surface area contributed by atoms with Crippen molar-refractivity contribution in [2.24, 2.45) is 5.92 Å². The molecule has 3 saturated heterocycles. The van der Waals surface area contributed by atoms with Crippen LogP contribution in [0.15, 0.2) is 273 Å². The highest BCUT2D eigenvalue weighted by molar-refractivity contribution is 8.00. The number of methoxy groups -OCH3 is 1. The molecule has 18 rings (SSSR count). The van der Waals surface area contributed by atoms with Gasteiger partial charge in [0.2, 0.25) is 0 Å². The van der Waals surface area contributed by atoms with Crippen molar-refractivity contribution in [3.63, 3.8) is 0 Å². The van der Waals surface area contributed by atoms with E-state index in [1.807, 2.05) is 77.0 Å². The van der Waals surface area contributed by atoms with Crippen LogP contribution in [-0.4, -0.2) is 251 Å².